The van der Waals surface area contributed by atoms with Crippen LogP contribution >= 0.6 is 11.8 Å². The number of H-pyrrole nitrogens is 1. The Hall–Kier alpha value is -1.26. The zero-order valence-corrected chi connectivity index (χ0v) is 10.9. The van der Waals surface area contributed by atoms with Crippen LogP contribution in [0.4, 0.5) is 0 Å². The number of imidazole rings is 1. The topological polar surface area (TPSA) is 54.7 Å². The third-order valence-electron chi connectivity index (χ3n) is 2.42. The quantitative estimate of drug-likeness (QED) is 0.817. The van der Waals surface area contributed by atoms with Crippen LogP contribution in [0, 0.1) is 0 Å². The Balaban J connectivity index is 2.12. The number of thioether (sulfide) groups is 1. The summed E-state index contributed by atoms with van der Waals surface area (Å²) in [7, 11) is 0. The van der Waals surface area contributed by atoms with Crippen molar-refractivity contribution >= 4 is 11.8 Å². The zero-order chi connectivity index (χ0) is 12.3. The van der Waals surface area contributed by atoms with Crippen LogP contribution in [0.5, 0.6) is 0 Å². The average Bonchev–Trinajstić information content (AvgIpc) is 2.82. The molecule has 17 heavy (non-hydrogen) atoms. The third-order valence-corrected chi connectivity index (χ3v) is 3.44. The van der Waals surface area contributed by atoms with Gasteiger partial charge >= 0.3 is 0 Å². The number of benzene rings is 1. The summed E-state index contributed by atoms with van der Waals surface area (Å²) in [6.45, 7) is 4.38. The number of rotatable bonds is 4. The normalized spacial score (nSPS) is 12.9. The van der Waals surface area contributed by atoms with Crippen LogP contribution in [0.2, 0.25) is 0 Å². The first-order valence-electron chi connectivity index (χ1n) is 5.68. The first-order valence-corrected chi connectivity index (χ1v) is 6.56. The van der Waals surface area contributed by atoms with Crippen molar-refractivity contribution in [3.63, 3.8) is 0 Å². The maximum Gasteiger partial charge on any atom is 0.127 e. The summed E-state index contributed by atoms with van der Waals surface area (Å²) >= 11 is 1.85. The number of nitrogens with zero attached hydrogens (tertiary/aromatic N) is 1. The molecule has 90 valence electrons. The van der Waals surface area contributed by atoms with Crippen molar-refractivity contribution in [2.75, 3.05) is 0 Å². The second-order valence-electron chi connectivity index (χ2n) is 4.19. The summed E-state index contributed by atoms with van der Waals surface area (Å²) < 4.78 is 0. The van der Waals surface area contributed by atoms with Crippen molar-refractivity contribution in [3.8, 4) is 0 Å². The van der Waals surface area contributed by atoms with Crippen LogP contribution in [0.25, 0.3) is 0 Å². The zero-order valence-electron chi connectivity index (χ0n) is 10.1. The number of hydrogen-bond acceptors (Lipinski definition) is 3. The maximum atomic E-state index is 6.11. The van der Waals surface area contributed by atoms with Crippen molar-refractivity contribution in [1.82, 2.24) is 9.97 Å². The molecule has 1 heterocycles. The molecule has 1 aromatic heterocycles. The molecule has 0 aliphatic rings. The van der Waals surface area contributed by atoms with Crippen LogP contribution in [0.3, 0.4) is 0 Å². The van der Waals surface area contributed by atoms with Gasteiger partial charge in [0.25, 0.3) is 0 Å². The monoisotopic (exact) mass is 247 g/mol. The van der Waals surface area contributed by atoms with Gasteiger partial charge in [-0.3, -0.25) is 0 Å². The van der Waals surface area contributed by atoms with Gasteiger partial charge in [0.05, 0.1) is 6.04 Å². The minimum atomic E-state index is -0.178. The van der Waals surface area contributed by atoms with E-state index in [1.165, 1.54) is 4.90 Å². The molecular formula is C13H17N3S. The minimum Gasteiger partial charge on any atom is -0.347 e. The Morgan fingerprint density at radius 2 is 1.94 bits per heavy atom. The second kappa shape index (κ2) is 5.38. The van der Waals surface area contributed by atoms with Gasteiger partial charge < -0.3 is 10.7 Å². The van der Waals surface area contributed by atoms with Crippen molar-refractivity contribution < 1.29 is 0 Å². The number of aromatic amines is 1. The van der Waals surface area contributed by atoms with E-state index >= 15 is 0 Å². The molecule has 2 rings (SSSR count). The van der Waals surface area contributed by atoms with Gasteiger partial charge in [-0.15, -0.1) is 11.8 Å². The van der Waals surface area contributed by atoms with Crippen molar-refractivity contribution in [1.29, 1.82) is 0 Å². The van der Waals surface area contributed by atoms with E-state index in [1.807, 2.05) is 11.8 Å². The smallest absolute Gasteiger partial charge is 0.127 e. The lowest BCUT2D eigenvalue weighted by Gasteiger charge is -2.10. The molecule has 1 aromatic carbocycles. The molecule has 3 nitrogen and oxygen atoms in total. The van der Waals surface area contributed by atoms with E-state index in [9.17, 15) is 0 Å². The van der Waals surface area contributed by atoms with Crippen LogP contribution in [-0.4, -0.2) is 15.2 Å². The molecule has 0 fully saturated rings. The summed E-state index contributed by atoms with van der Waals surface area (Å²) in [6.07, 6.45) is 3.51. The first kappa shape index (κ1) is 12.2. The fourth-order valence-corrected chi connectivity index (χ4v) is 2.47. The summed E-state index contributed by atoms with van der Waals surface area (Å²) in [6, 6.07) is 8.18. The van der Waals surface area contributed by atoms with E-state index in [4.69, 9.17) is 5.73 Å². The molecular weight excluding hydrogens is 230 g/mol. The van der Waals surface area contributed by atoms with Gasteiger partial charge in [0.1, 0.15) is 5.82 Å². The van der Waals surface area contributed by atoms with Crippen molar-refractivity contribution in [3.05, 3.63) is 48.0 Å². The predicted octanol–water partition coefficient (Wildman–Crippen LogP) is 2.96. The molecule has 1 unspecified atom stereocenters. The Bertz CT molecular complexity index is 448. The van der Waals surface area contributed by atoms with E-state index in [0.717, 1.165) is 11.4 Å². The highest BCUT2D eigenvalue weighted by atomic mass is 32.2. The maximum absolute atomic E-state index is 6.11. The molecule has 0 bridgehead atoms. The van der Waals surface area contributed by atoms with Gasteiger partial charge in [0.2, 0.25) is 0 Å². The predicted molar refractivity (Wildman–Crippen MR) is 72.1 cm³/mol. The largest absolute Gasteiger partial charge is 0.347 e. The standard InChI is InChI=1S/C13H17N3S/c1-9(2)17-11-5-3-10(4-6-11)12(14)13-15-7-8-16-13/h3-9,12H,14H2,1-2H3,(H,15,16). The number of aromatic nitrogens is 2. The molecule has 1 atom stereocenters. The highest BCUT2D eigenvalue weighted by molar-refractivity contribution is 7.99. The second-order valence-corrected chi connectivity index (χ2v) is 5.84. The molecule has 0 radical (unpaired) electrons. The lowest BCUT2D eigenvalue weighted by molar-refractivity contribution is 0.800. The van der Waals surface area contributed by atoms with Gasteiger partial charge in [-0.25, -0.2) is 4.98 Å². The Labute approximate surface area is 106 Å². The average molecular weight is 247 g/mol. The van der Waals surface area contributed by atoms with E-state index in [1.54, 1.807) is 12.4 Å². The number of nitrogens with one attached hydrogen (secondary N) is 1. The fraction of sp³-hybridized carbons (Fsp3) is 0.308. The van der Waals surface area contributed by atoms with Crippen molar-refractivity contribution in [2.45, 2.75) is 30.0 Å². The molecule has 0 aliphatic heterocycles. The first-order chi connectivity index (χ1) is 8.16. The highest BCUT2D eigenvalue weighted by Crippen LogP contribution is 2.25. The van der Waals surface area contributed by atoms with Gasteiger partial charge in [-0.1, -0.05) is 26.0 Å². The van der Waals surface area contributed by atoms with Crippen LogP contribution in [0.1, 0.15) is 31.3 Å². The van der Waals surface area contributed by atoms with Gasteiger partial charge in [-0.2, -0.15) is 0 Å². The Kier molecular flexibility index (Phi) is 3.86. The lowest BCUT2D eigenvalue weighted by atomic mass is 10.1. The summed E-state index contributed by atoms with van der Waals surface area (Å²) in [5.41, 5.74) is 7.19. The van der Waals surface area contributed by atoms with Crippen molar-refractivity contribution in [2.24, 2.45) is 5.73 Å². The molecule has 0 amide bonds. The van der Waals surface area contributed by atoms with Gasteiger partial charge in [-0.05, 0) is 17.7 Å². The van der Waals surface area contributed by atoms with E-state index in [2.05, 4.69) is 48.1 Å². The molecule has 0 aliphatic carbocycles. The minimum absolute atomic E-state index is 0.178. The molecule has 3 N–H and O–H groups in total. The lowest BCUT2D eigenvalue weighted by Crippen LogP contribution is -2.13. The Morgan fingerprint density at radius 1 is 1.24 bits per heavy atom. The Morgan fingerprint density at radius 3 is 2.47 bits per heavy atom. The molecule has 0 saturated carbocycles. The SMILES string of the molecule is CC(C)Sc1ccc(C(N)c2ncc[nH]2)cc1. The summed E-state index contributed by atoms with van der Waals surface area (Å²) in [4.78, 5) is 8.49. The molecule has 0 spiro atoms. The highest BCUT2D eigenvalue weighted by Gasteiger charge is 2.10. The fourth-order valence-electron chi connectivity index (χ4n) is 1.63. The third kappa shape index (κ3) is 3.11. The molecule has 0 saturated heterocycles. The van der Waals surface area contributed by atoms with Crippen LogP contribution in [0.15, 0.2) is 41.6 Å². The number of hydrogen-bond donors (Lipinski definition) is 2. The van der Waals surface area contributed by atoms with E-state index in [0.29, 0.717) is 5.25 Å². The summed E-state index contributed by atoms with van der Waals surface area (Å²) in [5, 5.41) is 0.597. The number of nitrogens with two attached hydrogens (primary N) is 1. The van der Waals surface area contributed by atoms with Gasteiger partial charge in [0.15, 0.2) is 0 Å². The van der Waals surface area contributed by atoms with Crippen LogP contribution < -0.4 is 5.73 Å². The molecule has 4 heteroatoms. The molecule has 2 aromatic rings. The summed E-state index contributed by atoms with van der Waals surface area (Å²) in [5.74, 6) is 0.800. The van der Waals surface area contributed by atoms with E-state index < -0.39 is 0 Å². The van der Waals surface area contributed by atoms with E-state index in [-0.39, 0.29) is 6.04 Å². The van der Waals surface area contributed by atoms with Crippen LogP contribution in [-0.2, 0) is 0 Å². The van der Waals surface area contributed by atoms with Gasteiger partial charge in [0, 0.05) is 22.5 Å².